The number of aromatic nitrogens is 1. The first kappa shape index (κ1) is 21.2. The van der Waals surface area contributed by atoms with Crippen molar-refractivity contribution < 1.29 is 4.79 Å². The molecule has 3 heterocycles. The molecule has 0 radical (unpaired) electrons. The topological polar surface area (TPSA) is 72.9 Å². The van der Waals surface area contributed by atoms with E-state index in [2.05, 4.69) is 43.7 Å². The summed E-state index contributed by atoms with van der Waals surface area (Å²) in [5.74, 6) is 2.09. The Morgan fingerprint density at radius 3 is 2.45 bits per heavy atom. The van der Waals surface area contributed by atoms with E-state index < -0.39 is 0 Å². The zero-order valence-corrected chi connectivity index (χ0v) is 18.3. The van der Waals surface area contributed by atoms with Gasteiger partial charge in [-0.3, -0.25) is 9.79 Å². The van der Waals surface area contributed by atoms with E-state index in [0.717, 1.165) is 63.8 Å². The molecule has 0 bridgehead atoms. The van der Waals surface area contributed by atoms with Gasteiger partial charge in [-0.2, -0.15) is 0 Å². The molecule has 0 unspecified atom stereocenters. The Labute approximate surface area is 184 Å². The highest BCUT2D eigenvalue weighted by Crippen LogP contribution is 2.23. The number of guanidine groups is 1. The molecule has 2 N–H and O–H groups in total. The number of carbonyl (C=O) groups is 1. The number of aliphatic imine (C=N–C) groups is 1. The van der Waals surface area contributed by atoms with Crippen LogP contribution in [0.4, 0.5) is 5.82 Å². The van der Waals surface area contributed by atoms with Crippen LogP contribution in [0.3, 0.4) is 0 Å². The first-order valence-corrected chi connectivity index (χ1v) is 11.2. The number of hydrogen-bond acceptors (Lipinski definition) is 4. The lowest BCUT2D eigenvalue weighted by Crippen LogP contribution is -2.49. The molecule has 1 aromatic carbocycles. The maximum Gasteiger partial charge on any atom is 0.223 e. The molecule has 2 aliphatic heterocycles. The van der Waals surface area contributed by atoms with Gasteiger partial charge in [-0.1, -0.05) is 30.3 Å². The molecule has 1 saturated heterocycles. The highest BCUT2D eigenvalue weighted by molar-refractivity contribution is 5.80. The summed E-state index contributed by atoms with van der Waals surface area (Å²) in [5.41, 5.74) is 2.54. The van der Waals surface area contributed by atoms with E-state index in [1.165, 1.54) is 11.1 Å². The van der Waals surface area contributed by atoms with Gasteiger partial charge in [0.2, 0.25) is 5.91 Å². The number of hydrogen-bond donors (Lipinski definition) is 2. The highest BCUT2D eigenvalue weighted by atomic mass is 16.2. The van der Waals surface area contributed by atoms with Crippen molar-refractivity contribution in [2.24, 2.45) is 4.99 Å². The summed E-state index contributed by atoms with van der Waals surface area (Å²) in [7, 11) is 1.80. The fraction of sp³-hybridized carbons (Fsp3) is 0.458. The van der Waals surface area contributed by atoms with Crippen molar-refractivity contribution in [1.29, 1.82) is 0 Å². The number of nitrogens with one attached hydrogen (secondary N) is 2. The molecule has 1 aromatic heterocycles. The van der Waals surface area contributed by atoms with Crippen LogP contribution in [0.1, 0.15) is 36.8 Å². The number of nitrogens with zero attached hydrogens (tertiary/aromatic N) is 4. The first-order valence-electron chi connectivity index (χ1n) is 11.2. The molecule has 164 valence electrons. The second-order valence-corrected chi connectivity index (χ2v) is 8.21. The van der Waals surface area contributed by atoms with E-state index in [-0.39, 0.29) is 5.91 Å². The van der Waals surface area contributed by atoms with Crippen LogP contribution in [0.5, 0.6) is 0 Å². The lowest BCUT2D eigenvalue weighted by molar-refractivity contribution is -0.131. The molecule has 2 aromatic rings. The smallest absolute Gasteiger partial charge is 0.223 e. The van der Waals surface area contributed by atoms with E-state index in [1.54, 1.807) is 7.05 Å². The minimum absolute atomic E-state index is 0.225. The van der Waals surface area contributed by atoms with Crippen molar-refractivity contribution in [1.82, 2.24) is 20.5 Å². The molecule has 0 spiro atoms. The Morgan fingerprint density at radius 2 is 1.81 bits per heavy atom. The summed E-state index contributed by atoms with van der Waals surface area (Å²) < 4.78 is 0. The molecule has 1 amide bonds. The third-order valence-corrected chi connectivity index (χ3v) is 6.09. The zero-order chi connectivity index (χ0) is 21.5. The third kappa shape index (κ3) is 5.54. The van der Waals surface area contributed by atoms with Crippen molar-refractivity contribution in [2.75, 3.05) is 31.6 Å². The SMILES string of the molecule is CN=C(NCCCC(=O)N1Cc2ccccc2C1)NC1CCN(c2ccccn2)CC1. The number of benzene rings is 1. The maximum atomic E-state index is 12.5. The largest absolute Gasteiger partial charge is 0.356 e. The van der Waals surface area contributed by atoms with Gasteiger partial charge in [0, 0.05) is 58.4 Å². The Morgan fingerprint density at radius 1 is 1.10 bits per heavy atom. The Kier molecular flexibility index (Phi) is 7.02. The number of fused-ring (bicyclic) bond motifs is 1. The van der Waals surface area contributed by atoms with E-state index in [9.17, 15) is 4.79 Å². The van der Waals surface area contributed by atoms with Gasteiger partial charge in [-0.05, 0) is 42.5 Å². The van der Waals surface area contributed by atoms with Crippen molar-refractivity contribution in [3.63, 3.8) is 0 Å². The van der Waals surface area contributed by atoms with Crippen LogP contribution in [0.2, 0.25) is 0 Å². The second-order valence-electron chi connectivity index (χ2n) is 8.21. The Bertz CT molecular complexity index is 867. The van der Waals surface area contributed by atoms with Gasteiger partial charge in [0.1, 0.15) is 5.82 Å². The quantitative estimate of drug-likeness (QED) is 0.427. The molecule has 1 fully saturated rings. The molecule has 0 atom stereocenters. The van der Waals surface area contributed by atoms with Crippen LogP contribution in [0.15, 0.2) is 53.7 Å². The van der Waals surface area contributed by atoms with Gasteiger partial charge in [0.25, 0.3) is 0 Å². The van der Waals surface area contributed by atoms with Gasteiger partial charge in [0.05, 0.1) is 0 Å². The lowest BCUT2D eigenvalue weighted by atomic mass is 10.1. The molecule has 7 nitrogen and oxygen atoms in total. The van der Waals surface area contributed by atoms with Crippen LogP contribution < -0.4 is 15.5 Å². The van der Waals surface area contributed by atoms with Gasteiger partial charge in [-0.25, -0.2) is 4.98 Å². The van der Waals surface area contributed by atoms with Crippen molar-refractivity contribution in [3.05, 3.63) is 59.8 Å². The summed E-state index contributed by atoms with van der Waals surface area (Å²) in [4.78, 5) is 25.6. The standard InChI is InChI=1S/C24H32N6O/c1-25-24(28-21-11-15-29(16-12-21)22-9-4-5-13-26-22)27-14-6-10-23(31)30-17-19-7-2-3-8-20(19)18-30/h2-5,7-9,13,21H,6,10-12,14-18H2,1H3,(H2,25,27,28). The van der Waals surface area contributed by atoms with Crippen LogP contribution in [-0.2, 0) is 17.9 Å². The summed E-state index contributed by atoms with van der Waals surface area (Å²) in [6.07, 6.45) is 5.29. The number of anilines is 1. The predicted molar refractivity (Wildman–Crippen MR) is 124 cm³/mol. The molecule has 31 heavy (non-hydrogen) atoms. The number of amides is 1. The van der Waals surface area contributed by atoms with Crippen molar-refractivity contribution in [3.8, 4) is 0 Å². The average Bonchev–Trinajstić information content (AvgIpc) is 3.26. The van der Waals surface area contributed by atoms with E-state index in [1.807, 2.05) is 35.4 Å². The van der Waals surface area contributed by atoms with Crippen molar-refractivity contribution >= 4 is 17.7 Å². The molecule has 2 aliphatic rings. The summed E-state index contributed by atoms with van der Waals surface area (Å²) >= 11 is 0. The molecule has 4 rings (SSSR count). The van der Waals surface area contributed by atoms with Crippen LogP contribution in [0.25, 0.3) is 0 Å². The first-order chi connectivity index (χ1) is 15.2. The molecule has 7 heteroatoms. The lowest BCUT2D eigenvalue weighted by Gasteiger charge is -2.33. The fourth-order valence-electron chi connectivity index (χ4n) is 4.30. The number of piperidine rings is 1. The molecular formula is C24H32N6O. The molecule has 0 saturated carbocycles. The van der Waals surface area contributed by atoms with Crippen molar-refractivity contribution in [2.45, 2.75) is 44.8 Å². The van der Waals surface area contributed by atoms with E-state index >= 15 is 0 Å². The second kappa shape index (κ2) is 10.3. The summed E-state index contributed by atoms with van der Waals surface area (Å²) in [6, 6.07) is 14.8. The monoisotopic (exact) mass is 420 g/mol. The zero-order valence-electron chi connectivity index (χ0n) is 18.3. The van der Waals surface area contributed by atoms with Gasteiger partial charge in [0.15, 0.2) is 5.96 Å². The number of carbonyl (C=O) groups excluding carboxylic acids is 1. The average molecular weight is 421 g/mol. The number of rotatable bonds is 6. The fourth-order valence-corrected chi connectivity index (χ4v) is 4.30. The Hall–Kier alpha value is -3.09. The summed E-state index contributed by atoms with van der Waals surface area (Å²) in [5, 5.41) is 6.89. The van der Waals surface area contributed by atoms with Gasteiger partial charge in [-0.15, -0.1) is 0 Å². The molecular weight excluding hydrogens is 388 g/mol. The number of pyridine rings is 1. The predicted octanol–water partition coefficient (Wildman–Crippen LogP) is 2.54. The van der Waals surface area contributed by atoms with Gasteiger partial charge >= 0.3 is 0 Å². The summed E-state index contributed by atoms with van der Waals surface area (Å²) in [6.45, 7) is 4.18. The van der Waals surface area contributed by atoms with Crippen LogP contribution in [-0.4, -0.2) is 54.5 Å². The Balaban J connectivity index is 1.13. The minimum atomic E-state index is 0.225. The normalized spacial score (nSPS) is 16.9. The van der Waals surface area contributed by atoms with Gasteiger partial charge < -0.3 is 20.4 Å². The highest BCUT2D eigenvalue weighted by Gasteiger charge is 2.23. The third-order valence-electron chi connectivity index (χ3n) is 6.09. The maximum absolute atomic E-state index is 12.5. The minimum Gasteiger partial charge on any atom is -0.356 e. The van der Waals surface area contributed by atoms with Crippen LogP contribution in [0, 0.1) is 0 Å². The van der Waals surface area contributed by atoms with E-state index in [0.29, 0.717) is 12.5 Å². The molecule has 0 aliphatic carbocycles. The van der Waals surface area contributed by atoms with Crippen LogP contribution >= 0.6 is 0 Å². The van der Waals surface area contributed by atoms with E-state index in [4.69, 9.17) is 0 Å².